The lowest BCUT2D eigenvalue weighted by Gasteiger charge is -2.28. The number of nitrogens with zero attached hydrogens (tertiary/aromatic N) is 3. The number of ether oxygens (including phenoxy) is 1. The van der Waals surface area contributed by atoms with E-state index in [-0.39, 0.29) is 17.0 Å². The number of hydrogen-bond donors (Lipinski definition) is 1. The summed E-state index contributed by atoms with van der Waals surface area (Å²) in [5, 5.41) is 10.5. The molecule has 0 fully saturated rings. The first kappa shape index (κ1) is 17.2. The van der Waals surface area contributed by atoms with Crippen LogP contribution in [0.15, 0.2) is 53.3 Å². The van der Waals surface area contributed by atoms with Gasteiger partial charge in [-0.1, -0.05) is 36.5 Å². The average Bonchev–Trinajstić information content (AvgIpc) is 3.04. The number of nitrogens with two attached hydrogens (primary N) is 1. The molecule has 0 saturated carbocycles. The maximum atomic E-state index is 13.3. The zero-order chi connectivity index (χ0) is 19.2. The molecule has 2 N–H and O–H groups in total. The molecule has 0 radical (unpaired) electrons. The van der Waals surface area contributed by atoms with Crippen molar-refractivity contribution in [1.82, 2.24) is 9.55 Å². The summed E-state index contributed by atoms with van der Waals surface area (Å²) in [4.78, 5) is 17.9. The van der Waals surface area contributed by atoms with Crippen LogP contribution in [0.1, 0.15) is 17.4 Å². The van der Waals surface area contributed by atoms with Gasteiger partial charge in [-0.2, -0.15) is 5.26 Å². The fourth-order valence-electron chi connectivity index (χ4n) is 3.75. The van der Waals surface area contributed by atoms with E-state index in [9.17, 15) is 10.1 Å². The van der Waals surface area contributed by atoms with Crippen molar-refractivity contribution in [3.05, 3.63) is 70.3 Å². The SMILES string of the molecule is COc1ccc(C2n3c(nc4ccccc4c3=O)CC2(C#N)C(N)=S)cc1. The van der Waals surface area contributed by atoms with Gasteiger partial charge >= 0.3 is 0 Å². The lowest BCUT2D eigenvalue weighted by molar-refractivity contribution is 0.412. The van der Waals surface area contributed by atoms with Gasteiger partial charge in [0.25, 0.3) is 5.56 Å². The molecule has 2 unspecified atom stereocenters. The molecule has 4 rings (SSSR count). The molecule has 6 nitrogen and oxygen atoms in total. The van der Waals surface area contributed by atoms with E-state index < -0.39 is 11.5 Å². The van der Waals surface area contributed by atoms with E-state index in [0.29, 0.717) is 22.5 Å². The Balaban J connectivity index is 2.04. The van der Waals surface area contributed by atoms with Crippen LogP contribution in [0.4, 0.5) is 0 Å². The highest BCUT2D eigenvalue weighted by Gasteiger charge is 2.51. The lowest BCUT2D eigenvalue weighted by Crippen LogP contribution is -2.41. The van der Waals surface area contributed by atoms with Crippen molar-refractivity contribution >= 4 is 28.1 Å². The minimum absolute atomic E-state index is 0.0553. The summed E-state index contributed by atoms with van der Waals surface area (Å²) in [5.74, 6) is 1.19. The molecule has 1 aliphatic rings. The van der Waals surface area contributed by atoms with Gasteiger partial charge in [-0.05, 0) is 29.8 Å². The van der Waals surface area contributed by atoms with Crippen LogP contribution < -0.4 is 16.0 Å². The standard InChI is InChI=1S/C20H16N4O2S/c1-26-13-8-6-12(7-9-13)17-20(11-21,19(22)27)10-16-23-15-5-3-2-4-14(15)18(25)24(16)17/h2-9,17H,10H2,1H3,(H2,22,27). The molecule has 134 valence electrons. The summed E-state index contributed by atoms with van der Waals surface area (Å²) in [6.07, 6.45) is 0.190. The molecule has 27 heavy (non-hydrogen) atoms. The maximum absolute atomic E-state index is 13.3. The molecule has 2 atom stereocenters. The highest BCUT2D eigenvalue weighted by molar-refractivity contribution is 7.80. The molecule has 0 amide bonds. The second-order valence-electron chi connectivity index (χ2n) is 6.52. The zero-order valence-electron chi connectivity index (χ0n) is 14.5. The summed E-state index contributed by atoms with van der Waals surface area (Å²) in [6, 6.07) is 16.0. The Morgan fingerprint density at radius 3 is 2.67 bits per heavy atom. The predicted molar refractivity (Wildman–Crippen MR) is 106 cm³/mol. The molecule has 2 aromatic carbocycles. The molecule has 1 aromatic heterocycles. The predicted octanol–water partition coefficient (Wildman–Crippen LogP) is 2.35. The van der Waals surface area contributed by atoms with E-state index >= 15 is 0 Å². The first-order chi connectivity index (χ1) is 13.0. The van der Waals surface area contributed by atoms with Crippen LogP contribution in [-0.2, 0) is 6.42 Å². The van der Waals surface area contributed by atoms with E-state index in [4.69, 9.17) is 22.7 Å². The summed E-state index contributed by atoms with van der Waals surface area (Å²) < 4.78 is 6.77. The second-order valence-corrected chi connectivity index (χ2v) is 6.96. The lowest BCUT2D eigenvalue weighted by atomic mass is 9.78. The van der Waals surface area contributed by atoms with E-state index in [0.717, 1.165) is 5.56 Å². The Bertz CT molecular complexity index is 1160. The third kappa shape index (κ3) is 2.41. The molecule has 7 heteroatoms. The highest BCUT2D eigenvalue weighted by Crippen LogP contribution is 2.45. The fraction of sp³-hybridized carbons (Fsp3) is 0.200. The highest BCUT2D eigenvalue weighted by atomic mass is 32.1. The minimum atomic E-state index is -1.22. The number of aromatic nitrogens is 2. The number of nitriles is 1. The van der Waals surface area contributed by atoms with Crippen LogP contribution >= 0.6 is 12.2 Å². The third-order valence-corrected chi connectivity index (χ3v) is 5.48. The van der Waals surface area contributed by atoms with E-state index in [2.05, 4.69) is 11.1 Å². The van der Waals surface area contributed by atoms with Crippen molar-refractivity contribution in [3.63, 3.8) is 0 Å². The van der Waals surface area contributed by atoms with Gasteiger partial charge in [0.2, 0.25) is 0 Å². The molecule has 1 aliphatic heterocycles. The van der Waals surface area contributed by atoms with Crippen LogP contribution in [0, 0.1) is 16.7 Å². The van der Waals surface area contributed by atoms with Gasteiger partial charge in [-0.15, -0.1) is 0 Å². The van der Waals surface area contributed by atoms with Gasteiger partial charge in [0.05, 0.1) is 35.1 Å². The molecule has 0 spiro atoms. The number of rotatable bonds is 3. The molecule has 0 saturated heterocycles. The number of thiocarbonyl (C=S) groups is 1. The Labute approximate surface area is 160 Å². The van der Waals surface area contributed by atoms with Crippen LogP contribution in [0.3, 0.4) is 0 Å². The smallest absolute Gasteiger partial charge is 0.262 e. The normalized spacial score (nSPS) is 20.8. The largest absolute Gasteiger partial charge is 0.497 e. The maximum Gasteiger partial charge on any atom is 0.262 e. The van der Waals surface area contributed by atoms with Crippen molar-refractivity contribution < 1.29 is 4.74 Å². The van der Waals surface area contributed by atoms with Crippen LogP contribution in [0.25, 0.3) is 10.9 Å². The van der Waals surface area contributed by atoms with Gasteiger partial charge in [0.1, 0.15) is 17.0 Å². The summed E-state index contributed by atoms with van der Waals surface area (Å²) in [6.45, 7) is 0. The number of fused-ring (bicyclic) bond motifs is 2. The number of methoxy groups -OCH3 is 1. The third-order valence-electron chi connectivity index (χ3n) is 5.11. The van der Waals surface area contributed by atoms with Crippen LogP contribution in [-0.4, -0.2) is 21.6 Å². The molecular formula is C20H16N4O2S. The van der Waals surface area contributed by atoms with E-state index in [1.54, 1.807) is 42.0 Å². The Morgan fingerprint density at radius 2 is 2.04 bits per heavy atom. The Kier molecular flexibility index (Phi) is 3.93. The molecule has 2 heterocycles. The molecule has 0 aliphatic carbocycles. The van der Waals surface area contributed by atoms with Crippen molar-refractivity contribution in [3.8, 4) is 11.8 Å². The molecule has 3 aromatic rings. The first-order valence-corrected chi connectivity index (χ1v) is 8.78. The van der Waals surface area contributed by atoms with Crippen LogP contribution in [0.5, 0.6) is 5.75 Å². The first-order valence-electron chi connectivity index (χ1n) is 8.37. The Hall–Kier alpha value is -3.24. The minimum Gasteiger partial charge on any atom is -0.497 e. The van der Waals surface area contributed by atoms with E-state index in [1.165, 1.54) is 0 Å². The van der Waals surface area contributed by atoms with E-state index in [1.807, 2.05) is 18.2 Å². The number of hydrogen-bond acceptors (Lipinski definition) is 5. The summed E-state index contributed by atoms with van der Waals surface area (Å²) in [5.41, 5.74) is 5.95. The number of benzene rings is 2. The second kappa shape index (κ2) is 6.18. The van der Waals surface area contributed by atoms with Crippen molar-refractivity contribution in [2.24, 2.45) is 11.1 Å². The van der Waals surface area contributed by atoms with Gasteiger partial charge in [0.15, 0.2) is 0 Å². The van der Waals surface area contributed by atoms with Crippen molar-refractivity contribution in [1.29, 1.82) is 5.26 Å². The average molecular weight is 376 g/mol. The Morgan fingerprint density at radius 1 is 1.33 bits per heavy atom. The quantitative estimate of drug-likeness (QED) is 0.705. The zero-order valence-corrected chi connectivity index (χ0v) is 15.4. The summed E-state index contributed by atoms with van der Waals surface area (Å²) >= 11 is 5.28. The summed E-state index contributed by atoms with van der Waals surface area (Å²) in [7, 11) is 1.58. The van der Waals surface area contributed by atoms with Crippen molar-refractivity contribution in [2.75, 3.05) is 7.11 Å². The number of para-hydroxylation sites is 1. The monoisotopic (exact) mass is 376 g/mol. The topological polar surface area (TPSA) is 93.9 Å². The fourth-order valence-corrected chi connectivity index (χ4v) is 3.98. The van der Waals surface area contributed by atoms with Gasteiger partial charge in [0, 0.05) is 6.42 Å². The van der Waals surface area contributed by atoms with Crippen LogP contribution in [0.2, 0.25) is 0 Å². The van der Waals surface area contributed by atoms with Gasteiger partial charge in [-0.3, -0.25) is 9.36 Å². The van der Waals surface area contributed by atoms with Gasteiger partial charge in [-0.25, -0.2) is 4.98 Å². The van der Waals surface area contributed by atoms with Crippen molar-refractivity contribution in [2.45, 2.75) is 12.5 Å². The molecular weight excluding hydrogens is 360 g/mol. The van der Waals surface area contributed by atoms with Gasteiger partial charge < -0.3 is 10.5 Å². The molecule has 0 bridgehead atoms.